The van der Waals surface area contributed by atoms with Crippen molar-refractivity contribution in [2.45, 2.75) is 161 Å². The normalized spacial score (nSPS) is 27.4. The van der Waals surface area contributed by atoms with Crippen LogP contribution in [0.15, 0.2) is 0 Å². The van der Waals surface area contributed by atoms with Crippen molar-refractivity contribution in [2.75, 3.05) is 44.0 Å². The minimum absolute atomic E-state index is 0. The number of nitrogens with two attached hydrogens (primary N) is 1. The van der Waals surface area contributed by atoms with Gasteiger partial charge < -0.3 is 93.3 Å². The Bertz CT molecular complexity index is 2350. The number of carbonyl (C=O) groups excluding carboxylic acids is 9. The largest absolute Gasteiger partial charge is 1.00 e. The van der Waals surface area contributed by atoms with Crippen LogP contribution in [0.4, 0.5) is 4.39 Å². The third kappa shape index (κ3) is 33.9. The second-order valence-electron chi connectivity index (χ2n) is 17.1. The summed E-state index contributed by atoms with van der Waals surface area (Å²) in [6, 6.07) is 0. The van der Waals surface area contributed by atoms with Gasteiger partial charge in [0.1, 0.15) is 30.5 Å². The van der Waals surface area contributed by atoms with Crippen LogP contribution in [0.3, 0.4) is 0 Å². The number of nitrogens with one attached hydrogen (secondary N) is 2. The van der Waals surface area contributed by atoms with E-state index >= 15 is 0 Å². The number of carbonyl (C=O) groups is 9. The van der Waals surface area contributed by atoms with Crippen molar-refractivity contribution in [2.24, 2.45) is 17.6 Å². The number of halogens is 1. The number of rotatable bonds is 20. The summed E-state index contributed by atoms with van der Waals surface area (Å²) in [6.07, 6.45) is -17.8. The number of alkyl halides is 1. The molecule has 1 unspecified atom stereocenters. The second-order valence-corrected chi connectivity index (χ2v) is 21.3. The maximum atomic E-state index is 12.5. The van der Waals surface area contributed by atoms with Crippen LogP contribution in [-0.2, 0) is 125 Å². The summed E-state index contributed by atoms with van der Waals surface area (Å²) in [7, 11) is -11.2. The topological polar surface area (TPSA) is 541 Å². The van der Waals surface area contributed by atoms with E-state index in [1.807, 2.05) is 0 Å². The smallest absolute Gasteiger partial charge is 0.870 e. The van der Waals surface area contributed by atoms with Crippen LogP contribution in [-0.4, -0.2) is 229 Å². The summed E-state index contributed by atoms with van der Waals surface area (Å²) >= 11 is 0. The van der Waals surface area contributed by atoms with Crippen molar-refractivity contribution in [1.82, 2.24) is 10.6 Å². The number of aliphatic hydroxyl groups excluding tert-OH is 4. The van der Waals surface area contributed by atoms with E-state index in [1.165, 1.54) is 20.8 Å². The minimum Gasteiger partial charge on any atom is -0.870 e. The van der Waals surface area contributed by atoms with Gasteiger partial charge in [0.25, 0.3) is 26.1 Å². The van der Waals surface area contributed by atoms with Gasteiger partial charge in [-0.25, -0.2) is 0 Å². The van der Waals surface area contributed by atoms with Crippen molar-refractivity contribution in [3.63, 3.8) is 0 Å². The molecule has 2 amide bonds. The molecule has 474 valence electrons. The van der Waals surface area contributed by atoms with Gasteiger partial charge in [0.05, 0.1) is 20.0 Å². The number of hydrogen-bond acceptors (Lipinski definition) is 31. The Labute approximate surface area is 497 Å². The summed E-state index contributed by atoms with van der Waals surface area (Å²) in [4.78, 5) is 104. The average Bonchev–Trinajstić information content (AvgIpc) is 3.38. The number of ether oxygens (including phenoxy) is 9. The van der Waals surface area contributed by atoms with E-state index in [2.05, 4.69) is 15.4 Å². The molecule has 0 aliphatic carbocycles. The molecular formula is C43H74FN3NaO31S3-. The monoisotopic (exact) mass is 1270 g/mol. The third-order valence-electron chi connectivity index (χ3n) is 10.3. The van der Waals surface area contributed by atoms with Gasteiger partial charge in [0.2, 0.25) is 30.7 Å². The predicted molar refractivity (Wildman–Crippen MR) is 265 cm³/mol. The Hall–Kier alpha value is -4.23. The molecule has 39 heteroatoms. The quantitative estimate of drug-likeness (QED) is 0.0137. The van der Waals surface area contributed by atoms with E-state index in [-0.39, 0.29) is 72.5 Å². The first-order chi connectivity index (χ1) is 37.3. The van der Waals surface area contributed by atoms with Crippen molar-refractivity contribution < 1.29 is 181 Å². The van der Waals surface area contributed by atoms with Gasteiger partial charge in [0.15, 0.2) is 30.4 Å². The molecule has 3 aliphatic heterocycles. The van der Waals surface area contributed by atoms with Gasteiger partial charge in [-0.15, -0.1) is 0 Å². The van der Waals surface area contributed by atoms with E-state index in [4.69, 9.17) is 54.1 Å². The molecule has 0 aromatic rings. The molecule has 0 saturated carbocycles. The Balaban J connectivity index is -0.000000521. The van der Waals surface area contributed by atoms with Crippen molar-refractivity contribution in [3.05, 3.63) is 0 Å². The molecule has 0 radical (unpaired) electrons. The van der Waals surface area contributed by atoms with Gasteiger partial charge in [0, 0.05) is 66.5 Å². The third-order valence-corrected chi connectivity index (χ3v) is 12.5. The first kappa shape index (κ1) is 82.0. The maximum absolute atomic E-state index is 12.5. The zero-order chi connectivity index (χ0) is 63.3. The Morgan fingerprint density at radius 3 is 1.20 bits per heavy atom. The number of hydrogen-bond donors (Lipinski definition) is 9. The van der Waals surface area contributed by atoms with E-state index < -0.39 is 189 Å². The molecule has 3 heterocycles. The summed E-state index contributed by atoms with van der Waals surface area (Å²) in [5, 5.41) is 42.0. The van der Waals surface area contributed by atoms with Crippen molar-refractivity contribution in [3.8, 4) is 0 Å². The molecule has 3 saturated heterocycles. The van der Waals surface area contributed by atoms with Crippen LogP contribution in [0.1, 0.15) is 82.9 Å². The van der Waals surface area contributed by atoms with Gasteiger partial charge in [-0.1, -0.05) is 36.7 Å². The Morgan fingerprint density at radius 1 is 0.561 bits per heavy atom. The zero-order valence-electron chi connectivity index (χ0n) is 47.3. The number of ketones is 1. The fourth-order valence-electron chi connectivity index (χ4n) is 7.00. The first-order valence-corrected chi connectivity index (χ1v) is 28.0. The first-order valence-electron chi connectivity index (χ1n) is 24.3. The molecule has 34 nitrogen and oxygen atoms in total. The van der Waals surface area contributed by atoms with Crippen LogP contribution >= 0.6 is 0 Å². The molecule has 11 N–H and O–H groups in total. The average molecular weight is 1270 g/mol. The fourth-order valence-corrected chi connectivity index (χ4v) is 8.42. The number of aliphatic hydroxyl groups is 4. The summed E-state index contributed by atoms with van der Waals surface area (Å²) in [5.41, 5.74) is 5.00. The van der Waals surface area contributed by atoms with Crippen LogP contribution in [0.5, 0.6) is 0 Å². The van der Waals surface area contributed by atoms with Crippen molar-refractivity contribution in [1.29, 1.82) is 0 Å². The standard InChI is InChI=1S/C16H25NO11S.C14H20O8.C9H17NO9S.C3H8NO2S.CH3F.Na.H2O/c1-8-12(25-9(2)18)14(26-10(3)19)16(27-11(4)20)28-13(8)15(21)17-6-5-7-29(22,23)24;1-6-11(7(2)15)22-14(21-10(5)18)13(20-9(4)17)12(6)19-8(3)16;11-4-5(12)7(19-9(15)6(4)13)8(14)10-2-1-3-20(16,17)18;4-2-1-3-7(5)6;1-2;;/h8,12-14,16H,5-7H2,1-4H3,(H,17,21)(H,22,23,24);6,11-14H,1-5H3;4-7,9,11-13,15H,1-3H2,(H,10,14)(H,16,17,18);1-4H2;1H3;;1H2/q;;;-1;;+1;/p-1/t8-,12-,13-,14+,16+;6-,11+,12+,13-,14-;4-,5-,6+,7-,9?;;;;/m010..../s1/i;;;;1D;;. The van der Waals surface area contributed by atoms with E-state index in [1.54, 1.807) is 6.92 Å². The molecule has 3 aliphatic rings. The molecule has 3 fully saturated rings. The maximum Gasteiger partial charge on any atom is 1.00 e. The predicted octanol–water partition coefficient (Wildman–Crippen LogP) is -7.23. The summed E-state index contributed by atoms with van der Waals surface area (Å²) in [6.45, 7) is 11.5. The minimum atomic E-state index is -4.17. The second kappa shape index (κ2) is 41.7. The molecule has 0 bridgehead atoms. The Morgan fingerprint density at radius 2 is 0.890 bits per heavy atom. The molecule has 3 rings (SSSR count). The molecule has 0 aromatic heterocycles. The van der Waals surface area contributed by atoms with Gasteiger partial charge in [-0.05, 0) is 26.3 Å². The molecule has 15 atom stereocenters. The van der Waals surface area contributed by atoms with E-state index in [0.29, 0.717) is 13.0 Å². The number of esters is 6. The fraction of sp³-hybridized carbons (Fsp3) is 0.791. The molecule has 0 spiro atoms. The van der Waals surface area contributed by atoms with Crippen LogP contribution in [0.25, 0.3) is 0 Å². The Kier molecular flexibility index (Phi) is 41.7. The van der Waals surface area contributed by atoms with Gasteiger partial charge in [-0.3, -0.25) is 56.6 Å². The van der Waals surface area contributed by atoms with Crippen LogP contribution in [0, 0.1) is 11.8 Å². The SMILES string of the molecule is CC(=O)O[C@@H]1O[C@H](C(=O)NCCCS(=O)(=O)O)[C@@H](C)[C@H](OC(C)=O)[C@H]1OC(C)=O.CC(=O)O[C@@H]1O[C@H](C(C)=O)[C@@H](C)[C@H](OC(C)=O)[C@H]1OC(C)=O.NCCC[S-](=O)=O.O=C(NCCCS(=O)(=O)O)[C@H]1OC(O)[C@H](O)[C@@H](O)[C@@H]1O.[2H]CF.[Na+].[OH-]. The summed E-state index contributed by atoms with van der Waals surface area (Å²) < 4.78 is 141. The summed E-state index contributed by atoms with van der Waals surface area (Å²) in [5.74, 6) is -8.37. The van der Waals surface area contributed by atoms with E-state index in [9.17, 15) is 93.2 Å². The zero-order valence-corrected chi connectivity index (χ0v) is 50.8. The molecule has 82 heavy (non-hydrogen) atoms. The van der Waals surface area contributed by atoms with Gasteiger partial charge in [-0.2, -0.15) is 16.8 Å². The van der Waals surface area contributed by atoms with Crippen LogP contribution in [0.2, 0.25) is 0 Å². The number of amides is 2. The van der Waals surface area contributed by atoms with E-state index in [0.717, 1.165) is 34.6 Å². The number of Topliss-reactive ketones (excluding diaryl/α,β-unsaturated/α-hetero) is 1. The van der Waals surface area contributed by atoms with Crippen LogP contribution < -0.4 is 45.9 Å². The molecular weight excluding hydrogens is 1190 g/mol. The molecule has 0 aromatic carbocycles. The van der Waals surface area contributed by atoms with Crippen molar-refractivity contribution >= 4 is 84.4 Å². The van der Waals surface area contributed by atoms with Gasteiger partial charge >= 0.3 is 65.4 Å².